The van der Waals surface area contributed by atoms with Crippen LogP contribution in [0.15, 0.2) is 0 Å². The minimum atomic E-state index is -4.73. The summed E-state index contributed by atoms with van der Waals surface area (Å²) in [5.41, 5.74) is 5.04. The lowest BCUT2D eigenvalue weighted by molar-refractivity contribution is -0.241. The average Bonchev–Trinajstić information content (AvgIpc) is 2.34. The largest absolute Gasteiger partial charge is 0.424 e. The Kier molecular flexibility index (Phi) is 10.6. The van der Waals surface area contributed by atoms with Crippen molar-refractivity contribution in [2.45, 2.75) is 70.8 Å². The Balaban J connectivity index is 3.69. The molecule has 20 heavy (non-hydrogen) atoms. The molecule has 0 aliphatic rings. The molecule has 3 N–H and O–H groups in total. The van der Waals surface area contributed by atoms with Gasteiger partial charge < -0.3 is 5.73 Å². The molecule has 0 heterocycles. The fourth-order valence-electron chi connectivity index (χ4n) is 1.80. The number of hydrogen-bond donors (Lipinski definition) is 2. The van der Waals surface area contributed by atoms with Gasteiger partial charge in [-0.05, 0) is 6.42 Å². The van der Waals surface area contributed by atoms with E-state index in [2.05, 4.69) is 16.1 Å². The maximum atomic E-state index is 11.0. The first-order valence-electron chi connectivity index (χ1n) is 6.98. The summed E-state index contributed by atoms with van der Waals surface area (Å²) in [4.78, 5) is 15.3. The third kappa shape index (κ3) is 12.3. The molecule has 0 aromatic carbocycles. The van der Waals surface area contributed by atoms with E-state index >= 15 is 0 Å². The summed E-state index contributed by atoms with van der Waals surface area (Å²) in [6, 6.07) is 0. The van der Waals surface area contributed by atoms with Crippen molar-refractivity contribution in [2.75, 3.05) is 0 Å². The number of carbonyl (C=O) groups is 1. The lowest BCUT2D eigenvalue weighted by atomic mass is 10.1. The summed E-state index contributed by atoms with van der Waals surface area (Å²) in [6.45, 7) is 2.17. The maximum absolute atomic E-state index is 11.0. The van der Waals surface area contributed by atoms with E-state index in [0.29, 0.717) is 6.42 Å². The second-order valence-electron chi connectivity index (χ2n) is 4.75. The van der Waals surface area contributed by atoms with Gasteiger partial charge in [-0.3, -0.25) is 9.35 Å². The first-order chi connectivity index (χ1) is 9.37. The van der Waals surface area contributed by atoms with Crippen molar-refractivity contribution in [3.05, 3.63) is 0 Å². The van der Waals surface area contributed by atoms with E-state index in [4.69, 9.17) is 10.3 Å². The molecule has 0 rings (SSSR count). The predicted molar refractivity (Wildman–Crippen MR) is 73.9 cm³/mol. The van der Waals surface area contributed by atoms with Crippen molar-refractivity contribution in [1.82, 2.24) is 0 Å². The van der Waals surface area contributed by atoms with E-state index in [9.17, 15) is 13.2 Å². The van der Waals surface area contributed by atoms with Crippen LogP contribution in [-0.2, 0) is 24.4 Å². The second-order valence-corrected chi connectivity index (χ2v) is 5.74. The molecule has 0 fully saturated rings. The standard InChI is InChI=1S/C12H25NO6S/c1-2-3-4-5-6-7-8-9-10-11(12(13)14)18-19-20(15,16)17/h11H,2-10H2,1H3,(H2,13,14)(H,15,16,17). The van der Waals surface area contributed by atoms with Crippen LogP contribution in [0.5, 0.6) is 0 Å². The first-order valence-corrected chi connectivity index (χ1v) is 8.35. The zero-order valence-electron chi connectivity index (χ0n) is 11.9. The van der Waals surface area contributed by atoms with Crippen LogP contribution in [0.2, 0.25) is 0 Å². The number of unbranched alkanes of at least 4 members (excludes halogenated alkanes) is 7. The van der Waals surface area contributed by atoms with E-state index in [1.54, 1.807) is 0 Å². The number of hydrogen-bond acceptors (Lipinski definition) is 5. The normalized spacial score (nSPS) is 13.3. The molecule has 1 amide bonds. The molecular weight excluding hydrogens is 286 g/mol. The Hall–Kier alpha value is -0.700. The zero-order chi connectivity index (χ0) is 15.4. The minimum absolute atomic E-state index is 0.264. The summed E-state index contributed by atoms with van der Waals surface area (Å²) in [5.74, 6) is -0.823. The fraction of sp³-hybridized carbons (Fsp3) is 0.917. The lowest BCUT2D eigenvalue weighted by Gasteiger charge is -2.11. The molecule has 0 bridgehead atoms. The smallest absolute Gasteiger partial charge is 0.367 e. The number of rotatable bonds is 13. The van der Waals surface area contributed by atoms with Gasteiger partial charge in [0.05, 0.1) is 0 Å². The van der Waals surface area contributed by atoms with E-state index in [-0.39, 0.29) is 6.42 Å². The van der Waals surface area contributed by atoms with Crippen LogP contribution < -0.4 is 5.73 Å². The van der Waals surface area contributed by atoms with Gasteiger partial charge in [-0.25, -0.2) is 4.89 Å². The highest BCUT2D eigenvalue weighted by molar-refractivity contribution is 7.80. The van der Waals surface area contributed by atoms with Crippen LogP contribution in [0.25, 0.3) is 0 Å². The number of carbonyl (C=O) groups excluding carboxylic acids is 1. The molecule has 0 saturated carbocycles. The van der Waals surface area contributed by atoms with Gasteiger partial charge >= 0.3 is 10.4 Å². The zero-order valence-corrected chi connectivity index (χ0v) is 12.7. The van der Waals surface area contributed by atoms with Crippen LogP contribution in [0, 0.1) is 0 Å². The summed E-state index contributed by atoms with van der Waals surface area (Å²) in [6.07, 6.45) is 7.79. The molecule has 8 heteroatoms. The molecule has 7 nitrogen and oxygen atoms in total. The van der Waals surface area contributed by atoms with Gasteiger partial charge in [0.1, 0.15) is 0 Å². The van der Waals surface area contributed by atoms with Gasteiger partial charge in [0, 0.05) is 0 Å². The van der Waals surface area contributed by atoms with Crippen molar-refractivity contribution in [1.29, 1.82) is 0 Å². The monoisotopic (exact) mass is 311 g/mol. The fourth-order valence-corrected chi connectivity index (χ4v) is 1.99. The Morgan fingerprint density at radius 2 is 1.60 bits per heavy atom. The molecule has 0 radical (unpaired) electrons. The molecule has 0 aliphatic heterocycles. The molecule has 0 saturated heterocycles. The van der Waals surface area contributed by atoms with E-state index in [0.717, 1.165) is 19.3 Å². The van der Waals surface area contributed by atoms with Crippen LogP contribution in [0.1, 0.15) is 64.7 Å². The van der Waals surface area contributed by atoms with Crippen LogP contribution in [-0.4, -0.2) is 25.0 Å². The SMILES string of the molecule is CCCCCCCCCCC(OOS(=O)(=O)O)C(N)=O. The third-order valence-electron chi connectivity index (χ3n) is 2.88. The predicted octanol–water partition coefficient (Wildman–Crippen LogP) is 2.12. The Bertz CT molecular complexity index is 357. The summed E-state index contributed by atoms with van der Waals surface area (Å²) >= 11 is 0. The summed E-state index contributed by atoms with van der Waals surface area (Å²) in [5, 5.41) is 0. The number of nitrogens with two attached hydrogens (primary N) is 1. The number of primary amides is 1. The first kappa shape index (κ1) is 19.3. The van der Waals surface area contributed by atoms with Crippen LogP contribution in [0.3, 0.4) is 0 Å². The Morgan fingerprint density at radius 1 is 1.10 bits per heavy atom. The van der Waals surface area contributed by atoms with Gasteiger partial charge in [-0.2, -0.15) is 8.42 Å². The molecule has 0 aromatic rings. The number of amides is 1. The Labute approximate surface area is 120 Å². The van der Waals surface area contributed by atoms with Gasteiger partial charge in [0.25, 0.3) is 0 Å². The van der Waals surface area contributed by atoms with Crippen molar-refractivity contribution in [2.24, 2.45) is 5.73 Å². The van der Waals surface area contributed by atoms with Gasteiger partial charge in [-0.1, -0.05) is 62.6 Å². The molecule has 0 aliphatic carbocycles. The van der Waals surface area contributed by atoms with Gasteiger partial charge in [0.2, 0.25) is 5.91 Å². The van der Waals surface area contributed by atoms with Crippen molar-refractivity contribution in [3.63, 3.8) is 0 Å². The highest BCUT2D eigenvalue weighted by Gasteiger charge is 2.20. The molecule has 0 aromatic heterocycles. The summed E-state index contributed by atoms with van der Waals surface area (Å²) in [7, 11) is -4.73. The minimum Gasteiger partial charge on any atom is -0.367 e. The van der Waals surface area contributed by atoms with Crippen LogP contribution in [0.4, 0.5) is 0 Å². The van der Waals surface area contributed by atoms with Crippen molar-refractivity contribution >= 4 is 16.3 Å². The Morgan fingerprint density at radius 3 is 2.05 bits per heavy atom. The second kappa shape index (κ2) is 11.0. The lowest BCUT2D eigenvalue weighted by Crippen LogP contribution is -2.32. The third-order valence-corrected chi connectivity index (χ3v) is 3.13. The van der Waals surface area contributed by atoms with Crippen molar-refractivity contribution < 1.29 is 27.0 Å². The van der Waals surface area contributed by atoms with Gasteiger partial charge in [-0.15, -0.1) is 0 Å². The quantitative estimate of drug-likeness (QED) is 0.233. The highest BCUT2D eigenvalue weighted by Crippen LogP contribution is 2.12. The molecule has 1 unspecified atom stereocenters. The topological polar surface area (TPSA) is 116 Å². The molecular formula is C12H25NO6S. The molecule has 1 atom stereocenters. The average molecular weight is 311 g/mol. The summed E-state index contributed by atoms with van der Waals surface area (Å²) < 4.78 is 32.7. The van der Waals surface area contributed by atoms with Crippen LogP contribution >= 0.6 is 0 Å². The van der Waals surface area contributed by atoms with E-state index in [1.165, 1.54) is 25.7 Å². The highest BCUT2D eigenvalue weighted by atomic mass is 32.3. The van der Waals surface area contributed by atoms with E-state index in [1.807, 2.05) is 0 Å². The molecule has 120 valence electrons. The molecule has 0 spiro atoms. The van der Waals surface area contributed by atoms with E-state index < -0.39 is 22.4 Å². The maximum Gasteiger partial charge on any atom is 0.424 e. The van der Waals surface area contributed by atoms with Gasteiger partial charge in [0.15, 0.2) is 6.10 Å². The van der Waals surface area contributed by atoms with Crippen molar-refractivity contribution in [3.8, 4) is 0 Å².